The Bertz CT molecular complexity index is 223. The third-order valence-corrected chi connectivity index (χ3v) is 3.23. The molecule has 0 radical (unpaired) electrons. The number of nitrogens with one attached hydrogen (secondary N) is 3. The van der Waals surface area contributed by atoms with Gasteiger partial charge in [-0.25, -0.2) is 0 Å². The molecule has 3 N–H and O–H groups in total. The summed E-state index contributed by atoms with van der Waals surface area (Å²) in [5.74, 6) is 0.754. The Morgan fingerprint density at radius 3 is 3.06 bits per heavy atom. The predicted octanol–water partition coefficient (Wildman–Crippen LogP) is -0.909. The molecule has 2 aliphatic rings. The van der Waals surface area contributed by atoms with Crippen LogP contribution < -0.4 is 16.0 Å². The van der Waals surface area contributed by atoms with Crippen LogP contribution in [0.2, 0.25) is 0 Å². The first-order chi connectivity index (χ1) is 7.86. The fourth-order valence-corrected chi connectivity index (χ4v) is 2.17. The van der Waals surface area contributed by atoms with Gasteiger partial charge in [0.05, 0.1) is 6.04 Å². The molecule has 0 aromatic heterocycles. The number of carbonyl (C=O) groups excluding carboxylic acids is 1. The lowest BCUT2D eigenvalue weighted by Crippen LogP contribution is -2.55. The van der Waals surface area contributed by atoms with Gasteiger partial charge in [0.2, 0.25) is 5.91 Å². The van der Waals surface area contributed by atoms with Crippen LogP contribution in [0.5, 0.6) is 0 Å². The van der Waals surface area contributed by atoms with Crippen molar-refractivity contribution >= 4 is 5.91 Å². The van der Waals surface area contributed by atoms with Gasteiger partial charge in [0, 0.05) is 39.4 Å². The monoisotopic (exact) mass is 227 g/mol. The molecule has 0 bridgehead atoms. The third-order valence-electron chi connectivity index (χ3n) is 3.23. The van der Waals surface area contributed by atoms with Crippen LogP contribution in [-0.4, -0.2) is 51.3 Å². The van der Waals surface area contributed by atoms with Crippen LogP contribution in [0.15, 0.2) is 0 Å². The van der Waals surface area contributed by atoms with Gasteiger partial charge in [-0.2, -0.15) is 0 Å². The molecule has 5 nitrogen and oxygen atoms in total. The van der Waals surface area contributed by atoms with Gasteiger partial charge < -0.3 is 20.7 Å². The van der Waals surface area contributed by atoms with E-state index in [1.807, 2.05) is 0 Å². The first kappa shape index (κ1) is 11.8. The Kier molecular flexibility index (Phi) is 4.56. The van der Waals surface area contributed by atoms with Crippen molar-refractivity contribution in [1.82, 2.24) is 16.0 Å². The second-order valence-electron chi connectivity index (χ2n) is 4.52. The molecule has 2 heterocycles. The molecule has 16 heavy (non-hydrogen) atoms. The van der Waals surface area contributed by atoms with E-state index in [0.717, 1.165) is 52.2 Å². The maximum atomic E-state index is 11.7. The summed E-state index contributed by atoms with van der Waals surface area (Å²) >= 11 is 0. The van der Waals surface area contributed by atoms with Crippen LogP contribution in [0.1, 0.15) is 12.8 Å². The molecule has 1 amide bonds. The van der Waals surface area contributed by atoms with E-state index in [1.165, 1.54) is 0 Å². The van der Waals surface area contributed by atoms with E-state index in [-0.39, 0.29) is 11.9 Å². The molecule has 2 fully saturated rings. The Morgan fingerprint density at radius 1 is 1.44 bits per heavy atom. The van der Waals surface area contributed by atoms with Gasteiger partial charge >= 0.3 is 0 Å². The van der Waals surface area contributed by atoms with Gasteiger partial charge in [-0.3, -0.25) is 4.79 Å². The Labute approximate surface area is 96.3 Å². The third kappa shape index (κ3) is 3.43. The van der Waals surface area contributed by atoms with Crippen molar-refractivity contribution in [3.8, 4) is 0 Å². The van der Waals surface area contributed by atoms with Crippen LogP contribution in [0, 0.1) is 5.92 Å². The SMILES string of the molecule is O=C(NCCC1CCOC1)C1CNCCN1. The van der Waals surface area contributed by atoms with Crippen molar-refractivity contribution < 1.29 is 9.53 Å². The Morgan fingerprint density at radius 2 is 2.38 bits per heavy atom. The van der Waals surface area contributed by atoms with Crippen molar-refractivity contribution in [2.75, 3.05) is 39.4 Å². The summed E-state index contributed by atoms with van der Waals surface area (Å²) in [6.07, 6.45) is 2.17. The van der Waals surface area contributed by atoms with Gasteiger partial charge in [-0.1, -0.05) is 0 Å². The van der Waals surface area contributed by atoms with E-state index in [1.54, 1.807) is 0 Å². The zero-order valence-corrected chi connectivity index (χ0v) is 9.63. The molecule has 2 rings (SSSR count). The quantitative estimate of drug-likeness (QED) is 0.582. The highest BCUT2D eigenvalue weighted by Crippen LogP contribution is 2.15. The molecule has 2 aliphatic heterocycles. The van der Waals surface area contributed by atoms with Crippen LogP contribution in [-0.2, 0) is 9.53 Å². The molecule has 2 saturated heterocycles. The van der Waals surface area contributed by atoms with E-state index in [9.17, 15) is 4.79 Å². The summed E-state index contributed by atoms with van der Waals surface area (Å²) in [4.78, 5) is 11.7. The van der Waals surface area contributed by atoms with Crippen LogP contribution >= 0.6 is 0 Å². The average Bonchev–Trinajstić information content (AvgIpc) is 2.83. The van der Waals surface area contributed by atoms with Gasteiger partial charge in [-0.05, 0) is 18.8 Å². The minimum atomic E-state index is -0.0615. The van der Waals surface area contributed by atoms with Crippen molar-refractivity contribution in [2.45, 2.75) is 18.9 Å². The number of hydrogen-bond donors (Lipinski definition) is 3. The average molecular weight is 227 g/mol. The molecule has 5 heteroatoms. The van der Waals surface area contributed by atoms with E-state index >= 15 is 0 Å². The van der Waals surface area contributed by atoms with Gasteiger partial charge in [-0.15, -0.1) is 0 Å². The Balaban J connectivity index is 1.59. The number of hydrogen-bond acceptors (Lipinski definition) is 4. The zero-order chi connectivity index (χ0) is 11.2. The maximum Gasteiger partial charge on any atom is 0.238 e. The summed E-state index contributed by atoms with van der Waals surface area (Å²) in [6.45, 7) is 5.06. The number of piperazine rings is 1. The molecule has 92 valence electrons. The lowest BCUT2D eigenvalue weighted by molar-refractivity contribution is -0.123. The maximum absolute atomic E-state index is 11.7. The molecule has 0 spiro atoms. The topological polar surface area (TPSA) is 62.4 Å². The normalized spacial score (nSPS) is 30.2. The van der Waals surface area contributed by atoms with Crippen molar-refractivity contribution in [3.05, 3.63) is 0 Å². The summed E-state index contributed by atoms with van der Waals surface area (Å²) in [5, 5.41) is 9.38. The largest absolute Gasteiger partial charge is 0.381 e. The van der Waals surface area contributed by atoms with Crippen molar-refractivity contribution in [3.63, 3.8) is 0 Å². The number of amides is 1. The highest BCUT2D eigenvalue weighted by atomic mass is 16.5. The fourth-order valence-electron chi connectivity index (χ4n) is 2.17. The van der Waals surface area contributed by atoms with Crippen molar-refractivity contribution in [2.24, 2.45) is 5.92 Å². The molecule has 0 aliphatic carbocycles. The highest BCUT2D eigenvalue weighted by Gasteiger charge is 2.20. The molecule has 2 unspecified atom stereocenters. The minimum Gasteiger partial charge on any atom is -0.381 e. The molecular weight excluding hydrogens is 206 g/mol. The standard InChI is InChI=1S/C11H21N3O2/c15-11(10-7-12-4-5-13-10)14-3-1-9-2-6-16-8-9/h9-10,12-13H,1-8H2,(H,14,15). The van der Waals surface area contributed by atoms with E-state index in [0.29, 0.717) is 5.92 Å². The van der Waals surface area contributed by atoms with Crippen LogP contribution in [0.4, 0.5) is 0 Å². The van der Waals surface area contributed by atoms with Crippen LogP contribution in [0.25, 0.3) is 0 Å². The predicted molar refractivity (Wildman–Crippen MR) is 61.2 cm³/mol. The van der Waals surface area contributed by atoms with Crippen molar-refractivity contribution in [1.29, 1.82) is 0 Å². The second-order valence-corrected chi connectivity index (χ2v) is 4.52. The molecule has 0 aromatic carbocycles. The summed E-state index contributed by atoms with van der Waals surface area (Å²) in [7, 11) is 0. The van der Waals surface area contributed by atoms with Gasteiger partial charge in [0.25, 0.3) is 0 Å². The lowest BCUT2D eigenvalue weighted by Gasteiger charge is -2.23. The summed E-state index contributed by atoms with van der Waals surface area (Å²) in [5.41, 5.74) is 0. The first-order valence-electron chi connectivity index (χ1n) is 6.16. The van der Waals surface area contributed by atoms with E-state index in [4.69, 9.17) is 4.74 Å². The first-order valence-corrected chi connectivity index (χ1v) is 6.16. The molecule has 2 atom stereocenters. The highest BCUT2D eigenvalue weighted by molar-refractivity contribution is 5.82. The number of carbonyl (C=O) groups is 1. The number of ether oxygens (including phenoxy) is 1. The lowest BCUT2D eigenvalue weighted by atomic mass is 10.1. The summed E-state index contributed by atoms with van der Waals surface area (Å²) < 4.78 is 5.30. The van der Waals surface area contributed by atoms with E-state index in [2.05, 4.69) is 16.0 Å². The zero-order valence-electron chi connectivity index (χ0n) is 9.63. The minimum absolute atomic E-state index is 0.0615. The molecular formula is C11H21N3O2. The molecule has 0 saturated carbocycles. The second kappa shape index (κ2) is 6.18. The Hall–Kier alpha value is -0.650. The fraction of sp³-hybridized carbons (Fsp3) is 0.909. The van der Waals surface area contributed by atoms with E-state index < -0.39 is 0 Å². The van der Waals surface area contributed by atoms with Gasteiger partial charge in [0.15, 0.2) is 0 Å². The smallest absolute Gasteiger partial charge is 0.238 e. The molecule has 0 aromatic rings. The van der Waals surface area contributed by atoms with Crippen LogP contribution in [0.3, 0.4) is 0 Å². The summed E-state index contributed by atoms with van der Waals surface area (Å²) in [6, 6.07) is -0.0615. The number of rotatable bonds is 4. The van der Waals surface area contributed by atoms with Gasteiger partial charge in [0.1, 0.15) is 0 Å².